The second kappa shape index (κ2) is 7.24. The Kier molecular flexibility index (Phi) is 6.26. The lowest BCUT2D eigenvalue weighted by atomic mass is 9.94. The second-order valence-corrected chi connectivity index (χ2v) is 5.00. The number of likely N-dealkylation sites (tertiary alicyclic amines) is 1. The van der Waals surface area contributed by atoms with Crippen molar-refractivity contribution in [3.05, 3.63) is 0 Å². The van der Waals surface area contributed by atoms with Crippen LogP contribution >= 0.6 is 0 Å². The average molecular weight is 212 g/mol. The molecule has 1 rings (SSSR count). The first-order valence-corrected chi connectivity index (χ1v) is 6.68. The molecule has 1 aliphatic heterocycles. The summed E-state index contributed by atoms with van der Waals surface area (Å²) in [6.45, 7) is 8.37. The molecule has 0 unspecified atom stereocenters. The van der Waals surface area contributed by atoms with Crippen molar-refractivity contribution in [1.29, 1.82) is 0 Å². The first kappa shape index (κ1) is 13.0. The van der Waals surface area contributed by atoms with Crippen LogP contribution in [-0.2, 0) is 0 Å². The molecule has 2 heteroatoms. The maximum absolute atomic E-state index is 3.66. The molecule has 1 fully saturated rings. The molecule has 0 atom stereocenters. The minimum Gasteiger partial charge on any atom is -0.314 e. The Morgan fingerprint density at radius 2 is 1.80 bits per heavy atom. The van der Waals surface area contributed by atoms with E-state index in [1.54, 1.807) is 0 Å². The number of nitrogens with one attached hydrogen (secondary N) is 1. The van der Waals surface area contributed by atoms with E-state index in [9.17, 15) is 0 Å². The van der Waals surface area contributed by atoms with Gasteiger partial charge < -0.3 is 10.2 Å². The summed E-state index contributed by atoms with van der Waals surface area (Å²) in [5.74, 6) is 0.975. The van der Waals surface area contributed by atoms with Gasteiger partial charge in [0.2, 0.25) is 0 Å². The monoisotopic (exact) mass is 212 g/mol. The minimum atomic E-state index is 0.747. The van der Waals surface area contributed by atoms with Crippen molar-refractivity contribution in [2.24, 2.45) is 5.92 Å². The van der Waals surface area contributed by atoms with Gasteiger partial charge in [-0.1, -0.05) is 13.8 Å². The van der Waals surface area contributed by atoms with Gasteiger partial charge in [-0.25, -0.2) is 0 Å². The van der Waals surface area contributed by atoms with E-state index >= 15 is 0 Å². The van der Waals surface area contributed by atoms with Gasteiger partial charge in [-0.05, 0) is 64.7 Å². The van der Waals surface area contributed by atoms with Crippen LogP contribution in [0.25, 0.3) is 0 Å². The molecule has 0 bridgehead atoms. The fraction of sp³-hybridized carbons (Fsp3) is 1.00. The van der Waals surface area contributed by atoms with Crippen molar-refractivity contribution in [1.82, 2.24) is 10.2 Å². The van der Waals surface area contributed by atoms with Crippen LogP contribution in [0.4, 0.5) is 0 Å². The van der Waals surface area contributed by atoms with E-state index in [2.05, 4.69) is 31.1 Å². The SMILES string of the molecule is CCC(CC)NCCC1CCN(C)CC1. The Morgan fingerprint density at radius 3 is 2.33 bits per heavy atom. The summed E-state index contributed by atoms with van der Waals surface area (Å²) in [7, 11) is 2.23. The summed E-state index contributed by atoms with van der Waals surface area (Å²) in [4.78, 5) is 2.45. The predicted molar refractivity (Wildman–Crippen MR) is 67.2 cm³/mol. The first-order chi connectivity index (χ1) is 7.26. The molecule has 2 nitrogen and oxygen atoms in total. The van der Waals surface area contributed by atoms with Crippen LogP contribution in [0.2, 0.25) is 0 Å². The van der Waals surface area contributed by atoms with E-state index < -0.39 is 0 Å². The van der Waals surface area contributed by atoms with Gasteiger partial charge in [-0.3, -0.25) is 0 Å². The fourth-order valence-electron chi connectivity index (χ4n) is 2.42. The third kappa shape index (κ3) is 4.98. The van der Waals surface area contributed by atoms with Gasteiger partial charge in [0.25, 0.3) is 0 Å². The normalized spacial score (nSPS) is 20.0. The highest BCUT2D eigenvalue weighted by Gasteiger charge is 2.16. The zero-order valence-electron chi connectivity index (χ0n) is 10.8. The number of piperidine rings is 1. The highest BCUT2D eigenvalue weighted by Crippen LogP contribution is 2.18. The van der Waals surface area contributed by atoms with E-state index in [1.165, 1.54) is 51.7 Å². The molecular weight excluding hydrogens is 184 g/mol. The van der Waals surface area contributed by atoms with Gasteiger partial charge in [0.05, 0.1) is 0 Å². The molecule has 0 saturated carbocycles. The molecule has 0 aliphatic carbocycles. The van der Waals surface area contributed by atoms with Gasteiger partial charge in [0.1, 0.15) is 0 Å². The van der Waals surface area contributed by atoms with Crippen molar-refractivity contribution < 1.29 is 0 Å². The van der Waals surface area contributed by atoms with Crippen molar-refractivity contribution in [2.45, 2.75) is 52.0 Å². The lowest BCUT2D eigenvalue weighted by molar-refractivity contribution is 0.210. The summed E-state index contributed by atoms with van der Waals surface area (Å²) < 4.78 is 0. The lowest BCUT2D eigenvalue weighted by Crippen LogP contribution is -2.33. The van der Waals surface area contributed by atoms with Crippen LogP contribution in [0.15, 0.2) is 0 Å². The van der Waals surface area contributed by atoms with Crippen LogP contribution in [0.3, 0.4) is 0 Å². The molecule has 0 amide bonds. The molecule has 90 valence electrons. The van der Waals surface area contributed by atoms with Crippen LogP contribution < -0.4 is 5.32 Å². The number of hydrogen-bond donors (Lipinski definition) is 1. The molecule has 0 spiro atoms. The van der Waals surface area contributed by atoms with Crippen LogP contribution in [0.1, 0.15) is 46.0 Å². The van der Waals surface area contributed by atoms with Gasteiger partial charge >= 0.3 is 0 Å². The fourth-order valence-corrected chi connectivity index (χ4v) is 2.42. The van der Waals surface area contributed by atoms with Gasteiger partial charge in [-0.2, -0.15) is 0 Å². The largest absolute Gasteiger partial charge is 0.314 e. The maximum Gasteiger partial charge on any atom is 0.00618 e. The summed E-state index contributed by atoms with van der Waals surface area (Å²) >= 11 is 0. The van der Waals surface area contributed by atoms with E-state index in [-0.39, 0.29) is 0 Å². The van der Waals surface area contributed by atoms with Gasteiger partial charge in [-0.15, -0.1) is 0 Å². The Balaban J connectivity index is 2.04. The Hall–Kier alpha value is -0.0800. The summed E-state index contributed by atoms with van der Waals surface area (Å²) in [5, 5.41) is 3.66. The Bertz CT molecular complexity index is 147. The Morgan fingerprint density at radius 1 is 1.20 bits per heavy atom. The summed E-state index contributed by atoms with van der Waals surface area (Å²) in [6, 6.07) is 0.747. The molecule has 1 heterocycles. The number of nitrogens with zero attached hydrogens (tertiary/aromatic N) is 1. The molecule has 0 aromatic carbocycles. The summed E-state index contributed by atoms with van der Waals surface area (Å²) in [5.41, 5.74) is 0. The standard InChI is InChI=1S/C13H28N2/c1-4-13(5-2)14-9-6-12-7-10-15(3)11-8-12/h12-14H,4-11H2,1-3H3. The van der Waals surface area contributed by atoms with Crippen molar-refractivity contribution in [3.8, 4) is 0 Å². The topological polar surface area (TPSA) is 15.3 Å². The highest BCUT2D eigenvalue weighted by atomic mass is 15.1. The van der Waals surface area contributed by atoms with Crippen LogP contribution in [-0.4, -0.2) is 37.6 Å². The molecule has 1 saturated heterocycles. The predicted octanol–water partition coefficient (Wildman–Crippen LogP) is 2.50. The Labute approximate surface area is 95.4 Å². The molecule has 1 aliphatic rings. The smallest absolute Gasteiger partial charge is 0.00618 e. The van der Waals surface area contributed by atoms with E-state index in [4.69, 9.17) is 0 Å². The molecule has 0 aromatic heterocycles. The molecule has 0 aromatic rings. The summed E-state index contributed by atoms with van der Waals surface area (Å²) in [6.07, 6.45) is 6.72. The molecule has 0 radical (unpaired) electrons. The molecular formula is C13H28N2. The molecule has 15 heavy (non-hydrogen) atoms. The van der Waals surface area contributed by atoms with Crippen molar-refractivity contribution >= 4 is 0 Å². The lowest BCUT2D eigenvalue weighted by Gasteiger charge is -2.29. The van der Waals surface area contributed by atoms with Crippen molar-refractivity contribution in [3.63, 3.8) is 0 Å². The maximum atomic E-state index is 3.66. The zero-order valence-corrected chi connectivity index (χ0v) is 10.8. The second-order valence-electron chi connectivity index (χ2n) is 5.00. The van der Waals surface area contributed by atoms with Crippen molar-refractivity contribution in [2.75, 3.05) is 26.7 Å². The van der Waals surface area contributed by atoms with E-state index in [0.717, 1.165) is 12.0 Å². The number of rotatable bonds is 6. The quantitative estimate of drug-likeness (QED) is 0.728. The zero-order chi connectivity index (χ0) is 11.1. The number of hydrogen-bond acceptors (Lipinski definition) is 2. The third-order valence-electron chi connectivity index (χ3n) is 3.81. The first-order valence-electron chi connectivity index (χ1n) is 6.68. The van der Waals surface area contributed by atoms with Crippen LogP contribution in [0.5, 0.6) is 0 Å². The van der Waals surface area contributed by atoms with E-state index in [0.29, 0.717) is 0 Å². The average Bonchev–Trinajstić information content (AvgIpc) is 2.27. The molecule has 1 N–H and O–H groups in total. The van der Waals surface area contributed by atoms with Gasteiger partial charge in [0.15, 0.2) is 0 Å². The van der Waals surface area contributed by atoms with E-state index in [1.807, 2.05) is 0 Å². The minimum absolute atomic E-state index is 0.747. The van der Waals surface area contributed by atoms with Gasteiger partial charge in [0, 0.05) is 6.04 Å². The highest BCUT2D eigenvalue weighted by molar-refractivity contribution is 4.72. The third-order valence-corrected chi connectivity index (χ3v) is 3.81. The van der Waals surface area contributed by atoms with Crippen LogP contribution in [0, 0.1) is 5.92 Å².